The third-order valence-corrected chi connectivity index (χ3v) is 2.83. The quantitative estimate of drug-likeness (QED) is 0.885. The van der Waals surface area contributed by atoms with E-state index in [-0.39, 0.29) is 5.91 Å². The van der Waals surface area contributed by atoms with Gasteiger partial charge in [-0.05, 0) is 24.5 Å². The van der Waals surface area contributed by atoms with E-state index in [0.717, 1.165) is 5.52 Å². The molecule has 5 nitrogen and oxygen atoms in total. The Labute approximate surface area is 112 Å². The lowest BCUT2D eigenvalue weighted by Crippen LogP contribution is -2.36. The largest absolute Gasteiger partial charge is 0.441 e. The van der Waals surface area contributed by atoms with Gasteiger partial charge in [0.25, 0.3) is 0 Å². The van der Waals surface area contributed by atoms with Crippen LogP contribution < -0.4 is 11.1 Å². The summed E-state index contributed by atoms with van der Waals surface area (Å²) in [6, 6.07) is 4.88. The van der Waals surface area contributed by atoms with Crippen LogP contribution in [0.5, 0.6) is 0 Å². The van der Waals surface area contributed by atoms with Crippen molar-refractivity contribution in [2.75, 3.05) is 5.32 Å². The van der Waals surface area contributed by atoms with E-state index in [0.29, 0.717) is 29.5 Å². The van der Waals surface area contributed by atoms with Crippen LogP contribution in [0, 0.1) is 12.8 Å². The van der Waals surface area contributed by atoms with E-state index in [1.165, 1.54) is 0 Å². The molecule has 0 fully saturated rings. The number of nitrogens with two attached hydrogens (primary N) is 1. The SMILES string of the molecule is Cc1nc2ccc(NC(=O)[C@@H](N)CC(C)C)cc2o1. The summed E-state index contributed by atoms with van der Waals surface area (Å²) >= 11 is 0. The van der Waals surface area contributed by atoms with Crippen molar-refractivity contribution in [3.8, 4) is 0 Å². The molecular formula is C14H19N3O2. The Bertz CT molecular complexity index is 589. The molecular weight excluding hydrogens is 242 g/mol. The fourth-order valence-electron chi connectivity index (χ4n) is 1.97. The van der Waals surface area contributed by atoms with Crippen LogP contribution in [0.3, 0.4) is 0 Å². The minimum atomic E-state index is -0.493. The Kier molecular flexibility index (Phi) is 3.85. The minimum absolute atomic E-state index is 0.177. The fraction of sp³-hybridized carbons (Fsp3) is 0.429. The number of nitrogens with one attached hydrogen (secondary N) is 1. The zero-order valence-corrected chi connectivity index (χ0v) is 11.4. The van der Waals surface area contributed by atoms with Gasteiger partial charge in [0, 0.05) is 18.7 Å². The average molecular weight is 261 g/mol. The van der Waals surface area contributed by atoms with Crippen LogP contribution in [0.15, 0.2) is 22.6 Å². The molecule has 19 heavy (non-hydrogen) atoms. The van der Waals surface area contributed by atoms with E-state index < -0.39 is 6.04 Å². The number of benzene rings is 1. The first-order valence-corrected chi connectivity index (χ1v) is 6.39. The smallest absolute Gasteiger partial charge is 0.241 e. The van der Waals surface area contributed by atoms with Crippen LogP contribution >= 0.6 is 0 Å². The summed E-state index contributed by atoms with van der Waals surface area (Å²) in [5.74, 6) is 0.819. The van der Waals surface area contributed by atoms with Crippen molar-refractivity contribution in [3.63, 3.8) is 0 Å². The molecule has 0 unspecified atom stereocenters. The van der Waals surface area contributed by atoms with Gasteiger partial charge in [0.2, 0.25) is 5.91 Å². The predicted octanol–water partition coefficient (Wildman–Crippen LogP) is 2.45. The molecule has 0 aliphatic heterocycles. The van der Waals surface area contributed by atoms with E-state index >= 15 is 0 Å². The van der Waals surface area contributed by atoms with Crippen LogP contribution in [0.1, 0.15) is 26.2 Å². The van der Waals surface area contributed by atoms with Crippen molar-refractivity contribution in [1.29, 1.82) is 0 Å². The number of aryl methyl sites for hydroxylation is 1. The Morgan fingerprint density at radius 2 is 2.21 bits per heavy atom. The molecule has 5 heteroatoms. The molecule has 3 N–H and O–H groups in total. The maximum Gasteiger partial charge on any atom is 0.241 e. The predicted molar refractivity (Wildman–Crippen MR) is 74.8 cm³/mol. The summed E-state index contributed by atoms with van der Waals surface area (Å²) < 4.78 is 5.42. The second kappa shape index (κ2) is 5.40. The van der Waals surface area contributed by atoms with Crippen LogP contribution in [0.25, 0.3) is 11.1 Å². The van der Waals surface area contributed by atoms with E-state index in [2.05, 4.69) is 10.3 Å². The Balaban J connectivity index is 2.10. The number of aromatic nitrogens is 1. The van der Waals surface area contributed by atoms with Crippen LogP contribution in [-0.2, 0) is 4.79 Å². The summed E-state index contributed by atoms with van der Waals surface area (Å²) in [6.07, 6.45) is 0.662. The summed E-state index contributed by atoms with van der Waals surface area (Å²) in [4.78, 5) is 16.1. The van der Waals surface area contributed by atoms with Gasteiger partial charge in [0.1, 0.15) is 5.52 Å². The van der Waals surface area contributed by atoms with Crippen LogP contribution in [0.4, 0.5) is 5.69 Å². The van der Waals surface area contributed by atoms with Crippen molar-refractivity contribution < 1.29 is 9.21 Å². The molecule has 1 heterocycles. The first-order chi connectivity index (χ1) is 8.95. The third-order valence-electron chi connectivity index (χ3n) is 2.83. The van der Waals surface area contributed by atoms with Gasteiger partial charge in [-0.1, -0.05) is 13.8 Å². The molecule has 0 radical (unpaired) electrons. The number of nitrogens with zero attached hydrogens (tertiary/aromatic N) is 1. The van der Waals surface area contributed by atoms with Crippen molar-refractivity contribution in [1.82, 2.24) is 4.98 Å². The lowest BCUT2D eigenvalue weighted by atomic mass is 10.0. The number of carbonyl (C=O) groups excluding carboxylic acids is 1. The number of hydrogen-bond donors (Lipinski definition) is 2. The molecule has 102 valence electrons. The molecule has 1 aromatic heterocycles. The zero-order chi connectivity index (χ0) is 14.0. The molecule has 0 saturated heterocycles. The van der Waals surface area contributed by atoms with Gasteiger partial charge in [0.05, 0.1) is 6.04 Å². The highest BCUT2D eigenvalue weighted by atomic mass is 16.3. The summed E-state index contributed by atoms with van der Waals surface area (Å²) in [7, 11) is 0. The number of fused-ring (bicyclic) bond motifs is 1. The minimum Gasteiger partial charge on any atom is -0.441 e. The lowest BCUT2D eigenvalue weighted by molar-refractivity contribution is -0.117. The average Bonchev–Trinajstić information content (AvgIpc) is 2.67. The molecule has 1 amide bonds. The monoisotopic (exact) mass is 261 g/mol. The Hall–Kier alpha value is -1.88. The van der Waals surface area contributed by atoms with E-state index in [1.807, 2.05) is 19.9 Å². The highest BCUT2D eigenvalue weighted by Gasteiger charge is 2.15. The van der Waals surface area contributed by atoms with E-state index in [4.69, 9.17) is 10.2 Å². The van der Waals surface area contributed by atoms with Crippen molar-refractivity contribution in [2.24, 2.45) is 11.7 Å². The van der Waals surface area contributed by atoms with Gasteiger partial charge in [-0.25, -0.2) is 4.98 Å². The van der Waals surface area contributed by atoms with Gasteiger partial charge in [0.15, 0.2) is 11.5 Å². The number of rotatable bonds is 4. The summed E-state index contributed by atoms with van der Waals surface area (Å²) in [6.45, 7) is 5.86. The Morgan fingerprint density at radius 1 is 1.47 bits per heavy atom. The molecule has 1 aromatic carbocycles. The fourth-order valence-corrected chi connectivity index (χ4v) is 1.97. The lowest BCUT2D eigenvalue weighted by Gasteiger charge is -2.13. The van der Waals surface area contributed by atoms with Crippen LogP contribution in [-0.4, -0.2) is 16.9 Å². The number of amides is 1. The van der Waals surface area contributed by atoms with Gasteiger partial charge >= 0.3 is 0 Å². The van der Waals surface area contributed by atoms with Gasteiger partial charge in [-0.2, -0.15) is 0 Å². The number of anilines is 1. The standard InChI is InChI=1S/C14H19N3O2/c1-8(2)6-11(15)14(18)17-10-4-5-12-13(7-10)19-9(3)16-12/h4-5,7-8,11H,6,15H2,1-3H3,(H,17,18)/t11-/m0/s1. The van der Waals surface area contributed by atoms with E-state index in [1.54, 1.807) is 19.1 Å². The second-order valence-corrected chi connectivity index (χ2v) is 5.14. The van der Waals surface area contributed by atoms with Crippen LogP contribution in [0.2, 0.25) is 0 Å². The van der Waals surface area contributed by atoms with Gasteiger partial charge in [-0.15, -0.1) is 0 Å². The second-order valence-electron chi connectivity index (χ2n) is 5.14. The molecule has 2 aromatic rings. The number of oxazole rings is 1. The van der Waals surface area contributed by atoms with E-state index in [9.17, 15) is 4.79 Å². The van der Waals surface area contributed by atoms with Gasteiger partial charge < -0.3 is 15.5 Å². The maximum atomic E-state index is 11.9. The molecule has 0 bridgehead atoms. The molecule has 2 rings (SSSR count). The number of hydrogen-bond acceptors (Lipinski definition) is 4. The first-order valence-electron chi connectivity index (χ1n) is 6.39. The van der Waals surface area contributed by atoms with Crippen molar-refractivity contribution in [3.05, 3.63) is 24.1 Å². The highest BCUT2D eigenvalue weighted by Crippen LogP contribution is 2.20. The number of carbonyl (C=O) groups is 1. The maximum absolute atomic E-state index is 11.9. The van der Waals surface area contributed by atoms with Crippen molar-refractivity contribution >= 4 is 22.7 Å². The summed E-state index contributed by atoms with van der Waals surface area (Å²) in [5.41, 5.74) is 7.95. The molecule has 0 aliphatic rings. The van der Waals surface area contributed by atoms with Crippen molar-refractivity contribution in [2.45, 2.75) is 33.2 Å². The molecule has 0 saturated carbocycles. The molecule has 0 aliphatic carbocycles. The third kappa shape index (κ3) is 3.32. The summed E-state index contributed by atoms with van der Waals surface area (Å²) in [5, 5.41) is 2.80. The first kappa shape index (κ1) is 13.5. The zero-order valence-electron chi connectivity index (χ0n) is 11.4. The topological polar surface area (TPSA) is 81.2 Å². The molecule has 1 atom stereocenters. The normalized spacial score (nSPS) is 12.9. The Morgan fingerprint density at radius 3 is 2.89 bits per heavy atom. The van der Waals surface area contributed by atoms with Gasteiger partial charge in [-0.3, -0.25) is 4.79 Å². The highest BCUT2D eigenvalue weighted by molar-refractivity contribution is 5.96. The molecule has 0 spiro atoms.